The van der Waals surface area contributed by atoms with E-state index in [4.69, 9.17) is 0 Å². The maximum atomic E-state index is 13.1. The van der Waals surface area contributed by atoms with Gasteiger partial charge < -0.3 is 14.7 Å². The average Bonchev–Trinajstić information content (AvgIpc) is 2.75. The fourth-order valence-corrected chi connectivity index (χ4v) is 3.79. The third kappa shape index (κ3) is 7.79. The van der Waals surface area contributed by atoms with E-state index in [0.717, 1.165) is 13.1 Å². The maximum absolute atomic E-state index is 13.1. The Morgan fingerprint density at radius 3 is 2.29 bits per heavy atom. The van der Waals surface area contributed by atoms with Gasteiger partial charge in [-0.3, -0.25) is 9.59 Å². The summed E-state index contributed by atoms with van der Waals surface area (Å²) in [6.45, 7) is 6.39. The largest absolute Gasteiger partial charge is 0.390 e. The summed E-state index contributed by atoms with van der Waals surface area (Å²) in [6, 6.07) is 5.18. The Labute approximate surface area is 181 Å². The highest BCUT2D eigenvalue weighted by molar-refractivity contribution is 5.94. The van der Waals surface area contributed by atoms with Gasteiger partial charge in [-0.2, -0.15) is 13.2 Å². The van der Waals surface area contributed by atoms with Gasteiger partial charge in [0.1, 0.15) is 5.82 Å². The minimum atomic E-state index is -4.34. The summed E-state index contributed by atoms with van der Waals surface area (Å²) in [5.74, 6) is -1.63. The lowest BCUT2D eigenvalue weighted by Gasteiger charge is -2.36. The molecule has 0 aromatic heterocycles. The summed E-state index contributed by atoms with van der Waals surface area (Å²) in [7, 11) is 0. The number of hydrogen-bond donors (Lipinski definition) is 0. The van der Waals surface area contributed by atoms with Crippen LogP contribution in [0.25, 0.3) is 0 Å². The van der Waals surface area contributed by atoms with Gasteiger partial charge in [0.2, 0.25) is 5.91 Å². The number of carbonyl (C=O) groups is 2. The molecule has 2 rings (SSSR count). The Kier molecular flexibility index (Phi) is 9.28. The molecule has 174 valence electrons. The lowest BCUT2D eigenvalue weighted by Crippen LogP contribution is -2.49. The lowest BCUT2D eigenvalue weighted by molar-refractivity contribution is -0.148. The van der Waals surface area contributed by atoms with Gasteiger partial charge in [-0.05, 0) is 50.2 Å². The van der Waals surface area contributed by atoms with Crippen molar-refractivity contribution in [1.29, 1.82) is 0 Å². The highest BCUT2D eigenvalue weighted by Crippen LogP contribution is 2.24. The van der Waals surface area contributed by atoms with Gasteiger partial charge in [-0.25, -0.2) is 4.39 Å². The Morgan fingerprint density at radius 1 is 1.06 bits per heavy atom. The van der Waals surface area contributed by atoms with E-state index in [1.54, 1.807) is 0 Å². The number of likely N-dealkylation sites (tertiary alicyclic amines) is 1. The van der Waals surface area contributed by atoms with Crippen LogP contribution >= 0.6 is 0 Å². The third-order valence-corrected chi connectivity index (χ3v) is 5.71. The van der Waals surface area contributed by atoms with Crippen LogP contribution in [-0.2, 0) is 4.79 Å². The van der Waals surface area contributed by atoms with Gasteiger partial charge in [0, 0.05) is 38.3 Å². The molecule has 0 unspecified atom stereocenters. The van der Waals surface area contributed by atoms with Crippen molar-refractivity contribution >= 4 is 11.8 Å². The molecule has 0 N–H and O–H groups in total. The molecule has 31 heavy (non-hydrogen) atoms. The number of piperidine rings is 1. The molecular formula is C22H31F4N3O2. The number of likely N-dealkylation sites (N-methyl/N-ethyl adjacent to an activating group) is 1. The zero-order valence-electron chi connectivity index (χ0n) is 18.1. The Bertz CT molecular complexity index is 720. The molecule has 1 aromatic rings. The van der Waals surface area contributed by atoms with Crippen LogP contribution in [0.15, 0.2) is 24.3 Å². The zero-order chi connectivity index (χ0) is 23.0. The third-order valence-electron chi connectivity index (χ3n) is 5.71. The number of amides is 2. The highest BCUT2D eigenvalue weighted by Gasteiger charge is 2.34. The number of alkyl halides is 3. The first kappa shape index (κ1) is 25.1. The minimum Gasteiger partial charge on any atom is -0.341 e. The summed E-state index contributed by atoms with van der Waals surface area (Å²) in [4.78, 5) is 30.7. The summed E-state index contributed by atoms with van der Waals surface area (Å²) in [5, 5.41) is 0. The topological polar surface area (TPSA) is 43.9 Å². The van der Waals surface area contributed by atoms with Gasteiger partial charge in [-0.15, -0.1) is 0 Å². The molecule has 2 amide bonds. The van der Waals surface area contributed by atoms with Crippen molar-refractivity contribution in [1.82, 2.24) is 14.7 Å². The van der Waals surface area contributed by atoms with Crippen molar-refractivity contribution in [2.24, 2.45) is 5.92 Å². The number of rotatable bonds is 9. The van der Waals surface area contributed by atoms with Gasteiger partial charge in [0.15, 0.2) is 0 Å². The van der Waals surface area contributed by atoms with Crippen LogP contribution in [0.4, 0.5) is 17.6 Å². The molecule has 1 heterocycles. The summed E-state index contributed by atoms with van der Waals surface area (Å²) in [6.07, 6.45) is -4.28. The van der Waals surface area contributed by atoms with Crippen LogP contribution in [0.1, 0.15) is 43.5 Å². The molecule has 1 aliphatic heterocycles. The van der Waals surface area contributed by atoms with Crippen LogP contribution in [0, 0.1) is 11.7 Å². The average molecular weight is 446 g/mol. The quantitative estimate of drug-likeness (QED) is 0.543. The van der Waals surface area contributed by atoms with Crippen LogP contribution < -0.4 is 0 Å². The minimum absolute atomic E-state index is 0.156. The van der Waals surface area contributed by atoms with Gasteiger partial charge in [0.25, 0.3) is 5.91 Å². The van der Waals surface area contributed by atoms with Crippen LogP contribution in [-0.4, -0.2) is 78.5 Å². The van der Waals surface area contributed by atoms with Crippen molar-refractivity contribution in [2.75, 3.05) is 45.8 Å². The maximum Gasteiger partial charge on any atom is 0.390 e. The molecule has 0 saturated carbocycles. The van der Waals surface area contributed by atoms with Gasteiger partial charge >= 0.3 is 6.18 Å². The van der Waals surface area contributed by atoms with E-state index in [0.29, 0.717) is 31.5 Å². The molecule has 0 aliphatic carbocycles. The van der Waals surface area contributed by atoms with E-state index >= 15 is 0 Å². The van der Waals surface area contributed by atoms with Crippen molar-refractivity contribution in [3.05, 3.63) is 35.6 Å². The molecule has 5 nitrogen and oxygen atoms in total. The number of benzene rings is 1. The van der Waals surface area contributed by atoms with Crippen LogP contribution in [0.5, 0.6) is 0 Å². The number of halogens is 4. The summed E-state index contributed by atoms with van der Waals surface area (Å²) >= 11 is 0. The van der Waals surface area contributed by atoms with Gasteiger partial charge in [-0.1, -0.05) is 13.8 Å². The first-order chi connectivity index (χ1) is 14.6. The van der Waals surface area contributed by atoms with Crippen molar-refractivity contribution in [2.45, 2.75) is 39.3 Å². The predicted molar refractivity (Wildman–Crippen MR) is 110 cm³/mol. The number of nitrogens with zero attached hydrogens (tertiary/aromatic N) is 3. The predicted octanol–water partition coefficient (Wildman–Crippen LogP) is 3.80. The standard InChI is InChI=1S/C22H31F4N3O2/c1-3-27(4-2)14-15-28(13-11-22(24,25)26)21(31)18-6-5-12-29(16-18)20(30)17-7-9-19(23)10-8-17/h7-10,18H,3-6,11-16H2,1-2H3/t18-/m0/s1. The van der Waals surface area contributed by atoms with Crippen LogP contribution in [0.3, 0.4) is 0 Å². The molecule has 1 aromatic carbocycles. The van der Waals surface area contributed by atoms with Crippen molar-refractivity contribution in [3.63, 3.8) is 0 Å². The molecule has 9 heteroatoms. The second-order valence-corrected chi connectivity index (χ2v) is 7.81. The van der Waals surface area contributed by atoms with E-state index in [-0.39, 0.29) is 31.4 Å². The normalized spacial score (nSPS) is 17.1. The van der Waals surface area contributed by atoms with E-state index in [2.05, 4.69) is 4.90 Å². The molecule has 0 bridgehead atoms. The zero-order valence-corrected chi connectivity index (χ0v) is 18.1. The van der Waals surface area contributed by atoms with E-state index in [9.17, 15) is 27.2 Å². The van der Waals surface area contributed by atoms with Gasteiger partial charge in [0.05, 0.1) is 12.3 Å². The SMILES string of the molecule is CCN(CC)CCN(CCC(F)(F)F)C(=O)[C@H]1CCCN(C(=O)c2ccc(F)cc2)C1. The first-order valence-electron chi connectivity index (χ1n) is 10.8. The van der Waals surface area contributed by atoms with E-state index < -0.39 is 24.3 Å². The second-order valence-electron chi connectivity index (χ2n) is 7.81. The van der Waals surface area contributed by atoms with Crippen molar-refractivity contribution < 1.29 is 27.2 Å². The van der Waals surface area contributed by atoms with E-state index in [1.807, 2.05) is 13.8 Å². The first-order valence-corrected chi connectivity index (χ1v) is 10.8. The molecule has 1 aliphatic rings. The molecule has 0 spiro atoms. The Balaban J connectivity index is 2.06. The monoisotopic (exact) mass is 445 g/mol. The van der Waals surface area contributed by atoms with Crippen LogP contribution in [0.2, 0.25) is 0 Å². The lowest BCUT2D eigenvalue weighted by atomic mass is 9.95. The molecule has 0 radical (unpaired) electrons. The highest BCUT2D eigenvalue weighted by atomic mass is 19.4. The molecule has 1 atom stereocenters. The Morgan fingerprint density at radius 2 is 1.71 bits per heavy atom. The van der Waals surface area contributed by atoms with E-state index in [1.165, 1.54) is 34.1 Å². The fourth-order valence-electron chi connectivity index (χ4n) is 3.79. The molecular weight excluding hydrogens is 414 g/mol. The number of carbonyl (C=O) groups excluding carboxylic acids is 2. The second kappa shape index (κ2) is 11.5. The fraction of sp³-hybridized carbons (Fsp3) is 0.636. The summed E-state index contributed by atoms with van der Waals surface area (Å²) < 4.78 is 51.6. The molecule has 1 saturated heterocycles. The smallest absolute Gasteiger partial charge is 0.341 e. The number of hydrogen-bond acceptors (Lipinski definition) is 3. The van der Waals surface area contributed by atoms with Crippen molar-refractivity contribution in [3.8, 4) is 0 Å². The summed E-state index contributed by atoms with van der Waals surface area (Å²) in [5.41, 5.74) is 0.324. The Hall–Kier alpha value is -2.16. The molecule has 1 fully saturated rings.